The molecule has 1 fully saturated rings. The van der Waals surface area contributed by atoms with Crippen LogP contribution in [0.4, 0.5) is 13.2 Å². The molecule has 0 aromatic heterocycles. The Bertz CT molecular complexity index is 906. The van der Waals surface area contributed by atoms with Crippen LogP contribution in [0.2, 0.25) is 5.02 Å². The van der Waals surface area contributed by atoms with E-state index in [1.807, 2.05) is 4.72 Å². The van der Waals surface area contributed by atoms with Crippen molar-refractivity contribution in [3.63, 3.8) is 0 Å². The topological polar surface area (TPSA) is 153 Å². The number of carbonyl (C=O) groups is 3. The molecule has 2 atom stereocenters. The van der Waals surface area contributed by atoms with Crippen LogP contribution in [0, 0.1) is 0 Å². The third-order valence-electron chi connectivity index (χ3n) is 3.62. The highest BCUT2D eigenvalue weighted by molar-refractivity contribution is 7.90. The Kier molecular flexibility index (Phi) is 8.00. The number of esters is 1. The van der Waals surface area contributed by atoms with Gasteiger partial charge in [-0.05, 0) is 23.6 Å². The Morgan fingerprint density at radius 3 is 2.34 bits per heavy atom. The van der Waals surface area contributed by atoms with E-state index < -0.39 is 45.3 Å². The first-order valence-electron chi connectivity index (χ1n) is 7.65. The summed E-state index contributed by atoms with van der Waals surface area (Å²) in [6.07, 6.45) is -5.04. The number of carbonyl (C=O) groups excluding carboxylic acids is 2. The lowest BCUT2D eigenvalue weighted by Gasteiger charge is -2.13. The summed E-state index contributed by atoms with van der Waals surface area (Å²) in [7, 11) is -2.50. The Labute approximate surface area is 168 Å². The summed E-state index contributed by atoms with van der Waals surface area (Å²) in [5.41, 5.74) is 6.67. The van der Waals surface area contributed by atoms with Gasteiger partial charge < -0.3 is 15.6 Å². The molecule has 1 unspecified atom stereocenters. The van der Waals surface area contributed by atoms with Gasteiger partial charge in [0.2, 0.25) is 15.9 Å². The minimum Gasteiger partial charge on any atom is -0.475 e. The van der Waals surface area contributed by atoms with Crippen LogP contribution in [0.25, 0.3) is 0 Å². The SMILES string of the molecule is COC(=O)[C@@H](N)Cc1ccc(C2CC(=O)NS2(=O)=O)c(Cl)c1.O=C(O)C(F)(F)F. The zero-order chi connectivity index (χ0) is 22.6. The highest BCUT2D eigenvalue weighted by Gasteiger charge is 2.39. The van der Waals surface area contributed by atoms with Crippen LogP contribution < -0.4 is 10.5 Å². The van der Waals surface area contributed by atoms with Crippen LogP contribution in [0.1, 0.15) is 22.8 Å². The van der Waals surface area contributed by atoms with Gasteiger partial charge >= 0.3 is 18.1 Å². The number of nitrogens with two attached hydrogens (primary N) is 1. The van der Waals surface area contributed by atoms with E-state index in [1.165, 1.54) is 19.2 Å². The predicted octanol–water partition coefficient (Wildman–Crippen LogP) is 0.907. The fourth-order valence-corrected chi connectivity index (χ4v) is 4.13. The number of nitrogens with one attached hydrogen (secondary N) is 1. The summed E-state index contributed by atoms with van der Waals surface area (Å²) in [6.45, 7) is 0. The van der Waals surface area contributed by atoms with Gasteiger partial charge in [0.1, 0.15) is 11.3 Å². The summed E-state index contributed by atoms with van der Waals surface area (Å²) in [4.78, 5) is 31.5. The van der Waals surface area contributed by atoms with Crippen LogP contribution in [-0.4, -0.2) is 50.7 Å². The number of halogens is 4. The summed E-state index contributed by atoms with van der Waals surface area (Å²) in [6, 6.07) is 3.87. The molecule has 0 bridgehead atoms. The van der Waals surface area contributed by atoms with Gasteiger partial charge in [0.15, 0.2) is 0 Å². The highest BCUT2D eigenvalue weighted by Crippen LogP contribution is 2.35. The zero-order valence-corrected chi connectivity index (χ0v) is 16.3. The smallest absolute Gasteiger partial charge is 0.475 e. The monoisotopic (exact) mass is 460 g/mol. The first-order chi connectivity index (χ1) is 13.2. The first kappa shape index (κ1) is 24.7. The van der Waals surface area contributed by atoms with Crippen molar-refractivity contribution in [3.8, 4) is 0 Å². The maximum absolute atomic E-state index is 11.8. The molecule has 4 N–H and O–H groups in total. The largest absolute Gasteiger partial charge is 0.490 e. The molecule has 1 amide bonds. The minimum atomic E-state index is -5.08. The van der Waals surface area contributed by atoms with Crippen molar-refractivity contribution in [2.75, 3.05) is 7.11 Å². The summed E-state index contributed by atoms with van der Waals surface area (Å²) in [5, 5.41) is 6.33. The maximum Gasteiger partial charge on any atom is 0.490 e. The number of methoxy groups -OCH3 is 1. The fraction of sp³-hybridized carbons (Fsp3) is 0.400. The molecule has 1 saturated heterocycles. The molecule has 29 heavy (non-hydrogen) atoms. The van der Waals surface area contributed by atoms with E-state index in [0.29, 0.717) is 11.1 Å². The first-order valence-corrected chi connectivity index (χ1v) is 9.57. The molecule has 1 aliphatic rings. The van der Waals surface area contributed by atoms with Gasteiger partial charge in [0.25, 0.3) is 0 Å². The Balaban J connectivity index is 0.000000516. The molecule has 0 spiro atoms. The molecule has 1 aromatic rings. The van der Waals surface area contributed by atoms with E-state index in [4.69, 9.17) is 27.2 Å². The van der Waals surface area contributed by atoms with Gasteiger partial charge in [-0.25, -0.2) is 13.2 Å². The third kappa shape index (κ3) is 6.87. The number of alkyl halides is 3. The number of sulfonamides is 1. The Morgan fingerprint density at radius 1 is 1.41 bits per heavy atom. The minimum absolute atomic E-state index is 0.164. The molecule has 1 aliphatic heterocycles. The van der Waals surface area contributed by atoms with Crippen molar-refractivity contribution in [1.29, 1.82) is 0 Å². The zero-order valence-electron chi connectivity index (χ0n) is 14.7. The second-order valence-corrected chi connectivity index (χ2v) is 8.03. The van der Waals surface area contributed by atoms with E-state index in [-0.39, 0.29) is 17.9 Å². The van der Waals surface area contributed by atoms with Crippen LogP contribution in [-0.2, 0) is 35.6 Å². The number of amides is 1. The van der Waals surface area contributed by atoms with Gasteiger partial charge in [-0.1, -0.05) is 23.7 Å². The Hall–Kier alpha value is -2.38. The number of aliphatic carboxylic acids is 1. The molecule has 0 radical (unpaired) electrons. The van der Waals surface area contributed by atoms with E-state index in [0.717, 1.165) is 0 Å². The maximum atomic E-state index is 11.8. The molecular weight excluding hydrogens is 445 g/mol. The second-order valence-electron chi connectivity index (χ2n) is 5.76. The molecule has 14 heteroatoms. The molecular formula is C15H16ClF3N2O7S. The van der Waals surface area contributed by atoms with Crippen LogP contribution in [0.5, 0.6) is 0 Å². The molecule has 0 saturated carbocycles. The van der Waals surface area contributed by atoms with Crippen LogP contribution in [0.15, 0.2) is 18.2 Å². The van der Waals surface area contributed by atoms with Crippen LogP contribution >= 0.6 is 11.6 Å². The standard InChI is InChI=1S/C13H15ClN2O5S.C2HF3O2/c1-21-13(18)10(15)5-7-2-3-8(9(14)4-7)11-6-12(17)16-22(11,19)20;3-2(4,5)1(6)7/h2-4,10-11H,5-6,15H2,1H3,(H,16,17);(H,6,7)/t10-,11?;/m0./s1. The van der Waals surface area contributed by atoms with Gasteiger partial charge in [-0.15, -0.1) is 0 Å². The number of hydrogen-bond donors (Lipinski definition) is 3. The molecule has 0 aliphatic carbocycles. The summed E-state index contributed by atoms with van der Waals surface area (Å²) in [5.74, 6) is -3.86. The van der Waals surface area contributed by atoms with Crippen molar-refractivity contribution >= 4 is 39.5 Å². The lowest BCUT2D eigenvalue weighted by molar-refractivity contribution is -0.192. The molecule has 2 rings (SSSR count). The lowest BCUT2D eigenvalue weighted by Crippen LogP contribution is -2.33. The van der Waals surface area contributed by atoms with Crippen molar-refractivity contribution in [2.45, 2.75) is 30.3 Å². The number of rotatable bonds is 4. The normalized spacial score (nSPS) is 18.8. The van der Waals surface area contributed by atoms with Gasteiger partial charge in [0, 0.05) is 5.02 Å². The molecule has 9 nitrogen and oxygen atoms in total. The predicted molar refractivity (Wildman–Crippen MR) is 93.3 cm³/mol. The fourth-order valence-electron chi connectivity index (χ4n) is 2.27. The third-order valence-corrected chi connectivity index (χ3v) is 5.62. The number of carboxylic acid groups (broad SMARTS) is 1. The molecule has 1 aromatic carbocycles. The average molecular weight is 461 g/mol. The molecule has 162 valence electrons. The van der Waals surface area contributed by atoms with Crippen molar-refractivity contribution in [1.82, 2.24) is 4.72 Å². The highest BCUT2D eigenvalue weighted by atomic mass is 35.5. The van der Waals surface area contributed by atoms with Crippen LogP contribution in [0.3, 0.4) is 0 Å². The number of hydrogen-bond acceptors (Lipinski definition) is 7. The van der Waals surface area contributed by atoms with Gasteiger partial charge in [-0.2, -0.15) is 13.2 Å². The summed E-state index contributed by atoms with van der Waals surface area (Å²) >= 11 is 6.12. The molecule has 1 heterocycles. The quantitative estimate of drug-likeness (QED) is 0.560. The van der Waals surface area contributed by atoms with Gasteiger partial charge in [-0.3, -0.25) is 14.3 Å². The van der Waals surface area contributed by atoms with Crippen molar-refractivity contribution in [3.05, 3.63) is 34.3 Å². The average Bonchev–Trinajstić information content (AvgIpc) is 2.86. The van der Waals surface area contributed by atoms with Crippen molar-refractivity contribution < 1.29 is 45.8 Å². The Morgan fingerprint density at radius 2 is 1.97 bits per heavy atom. The van der Waals surface area contributed by atoms with E-state index in [1.54, 1.807) is 6.07 Å². The van der Waals surface area contributed by atoms with E-state index in [2.05, 4.69) is 4.74 Å². The number of ether oxygens (including phenoxy) is 1. The van der Waals surface area contributed by atoms with Crippen molar-refractivity contribution in [2.24, 2.45) is 5.73 Å². The summed E-state index contributed by atoms with van der Waals surface area (Å²) < 4.78 is 61.9. The number of benzene rings is 1. The lowest BCUT2D eigenvalue weighted by atomic mass is 10.0. The number of carboxylic acids is 1. The van der Waals surface area contributed by atoms with E-state index >= 15 is 0 Å². The van der Waals surface area contributed by atoms with Gasteiger partial charge in [0.05, 0.1) is 13.5 Å². The second kappa shape index (κ2) is 9.41. The van der Waals surface area contributed by atoms with E-state index in [9.17, 15) is 31.2 Å².